The van der Waals surface area contributed by atoms with E-state index in [4.69, 9.17) is 26.4 Å². The molecular weight excluding hydrogens is 268 g/mol. The zero-order valence-corrected chi connectivity index (χ0v) is 11.9. The molecule has 0 saturated carbocycles. The smallest absolute Gasteiger partial charge is 0.150 e. The molecule has 1 atom stereocenters. The maximum Gasteiger partial charge on any atom is 0.150 e. The van der Waals surface area contributed by atoms with Crippen LogP contribution in [0.4, 0.5) is 11.4 Å². The Balaban J connectivity index is 0.000000232. The third-order valence-electron chi connectivity index (χ3n) is 3.09. The Morgan fingerprint density at radius 3 is 2.24 bits per heavy atom. The molecule has 0 amide bonds. The summed E-state index contributed by atoms with van der Waals surface area (Å²) in [6.07, 6.45) is 0.134. The van der Waals surface area contributed by atoms with Crippen LogP contribution in [-0.2, 0) is 0 Å². The molecule has 5 heteroatoms. The first kappa shape index (κ1) is 15.2. The number of aliphatic hydroxyl groups is 2. The van der Waals surface area contributed by atoms with Crippen LogP contribution in [0.2, 0.25) is 0 Å². The fourth-order valence-electron chi connectivity index (χ4n) is 1.80. The summed E-state index contributed by atoms with van der Waals surface area (Å²) in [7, 11) is 0. The molecular formula is C16H20N2O3. The third kappa shape index (κ3) is 3.65. The van der Waals surface area contributed by atoms with E-state index in [0.29, 0.717) is 23.5 Å². The van der Waals surface area contributed by atoms with E-state index in [9.17, 15) is 0 Å². The lowest BCUT2D eigenvalue weighted by Gasteiger charge is -2.14. The van der Waals surface area contributed by atoms with E-state index in [1.807, 2.05) is 12.1 Å². The Labute approximate surface area is 123 Å². The predicted molar refractivity (Wildman–Crippen MR) is 82.8 cm³/mol. The van der Waals surface area contributed by atoms with Crippen molar-refractivity contribution in [3.8, 4) is 11.5 Å². The van der Waals surface area contributed by atoms with Crippen molar-refractivity contribution in [3.63, 3.8) is 0 Å². The molecule has 0 aromatic heterocycles. The number of rotatable bonds is 4. The molecule has 0 radical (unpaired) electrons. The predicted octanol–water partition coefficient (Wildman–Crippen LogP) is 1.99. The van der Waals surface area contributed by atoms with E-state index in [-0.39, 0.29) is 12.7 Å². The van der Waals surface area contributed by atoms with Crippen LogP contribution in [0.25, 0.3) is 0 Å². The lowest BCUT2D eigenvalue weighted by molar-refractivity contribution is 0.148. The van der Waals surface area contributed by atoms with Gasteiger partial charge in [-0.15, -0.1) is 0 Å². The lowest BCUT2D eigenvalue weighted by atomic mass is 10.1. The number of ether oxygens (including phenoxy) is 1. The van der Waals surface area contributed by atoms with Gasteiger partial charge in [0.2, 0.25) is 0 Å². The summed E-state index contributed by atoms with van der Waals surface area (Å²) in [6.45, 7) is 1.73. The topological polar surface area (TPSA) is 102 Å². The Morgan fingerprint density at radius 2 is 1.86 bits per heavy atom. The Bertz CT molecular complexity index is 714. The molecule has 1 aromatic rings. The molecule has 2 aliphatic rings. The second kappa shape index (κ2) is 6.47. The average Bonchev–Trinajstić information content (AvgIpc) is 2.38. The Kier molecular flexibility index (Phi) is 4.67. The molecule has 2 aliphatic carbocycles. The maximum absolute atomic E-state index is 8.39. The Hall–Kier alpha value is -2.24. The van der Waals surface area contributed by atoms with Crippen molar-refractivity contribution in [2.24, 2.45) is 0 Å². The molecule has 0 spiro atoms. The van der Waals surface area contributed by atoms with Crippen LogP contribution in [0.3, 0.4) is 0 Å². The zero-order chi connectivity index (χ0) is 15.4. The molecule has 112 valence electrons. The normalized spacial score (nSPS) is 12.1. The highest BCUT2D eigenvalue weighted by atomic mass is 16.5. The van der Waals surface area contributed by atoms with Gasteiger partial charge in [-0.3, -0.25) is 0 Å². The van der Waals surface area contributed by atoms with Gasteiger partial charge in [0.1, 0.15) is 11.5 Å². The van der Waals surface area contributed by atoms with Gasteiger partial charge in [0.05, 0.1) is 11.8 Å². The highest BCUT2D eigenvalue weighted by Gasteiger charge is 2.09. The second-order valence-electron chi connectivity index (χ2n) is 4.97. The zero-order valence-electron chi connectivity index (χ0n) is 11.9. The lowest BCUT2D eigenvalue weighted by Crippen LogP contribution is -2.00. The molecule has 6 N–H and O–H groups in total. The van der Waals surface area contributed by atoms with Crippen molar-refractivity contribution in [1.29, 1.82) is 0 Å². The molecule has 1 aromatic carbocycles. The molecule has 1 unspecified atom stereocenters. The molecule has 5 nitrogen and oxygen atoms in total. The minimum Gasteiger partial charge on any atom is -0.455 e. The number of nitrogens with two attached hydrogens (primary N) is 2. The van der Waals surface area contributed by atoms with Crippen molar-refractivity contribution in [2.75, 3.05) is 18.1 Å². The van der Waals surface area contributed by atoms with E-state index < -0.39 is 0 Å². The maximum atomic E-state index is 8.39. The van der Waals surface area contributed by atoms with Crippen LogP contribution in [0.1, 0.15) is 13.3 Å². The number of aliphatic hydroxyl groups excluding tert-OH is 2. The van der Waals surface area contributed by atoms with Crippen LogP contribution < -0.4 is 16.2 Å². The standard InChI is InChI=1S/C12H10N2O.C4H10O2/c13-8-2-4-11(10(14)6-8)15-12-5-7-1-3-9(7)12;1-4(6)2-3-5/h1-6H,13-14H2;4-6H,2-3H2,1H3. The van der Waals surface area contributed by atoms with Gasteiger partial charge in [0.15, 0.2) is 0 Å². The summed E-state index contributed by atoms with van der Waals surface area (Å²) in [5.41, 5.74) is 12.6. The first-order valence-corrected chi connectivity index (χ1v) is 6.77. The monoisotopic (exact) mass is 288 g/mol. The molecule has 3 rings (SSSR count). The number of benzene rings is 2. The van der Waals surface area contributed by atoms with Crippen molar-refractivity contribution in [1.82, 2.24) is 0 Å². The van der Waals surface area contributed by atoms with E-state index in [1.54, 1.807) is 25.1 Å². The molecule has 0 heterocycles. The van der Waals surface area contributed by atoms with Crippen molar-refractivity contribution < 1.29 is 14.9 Å². The minimum absolute atomic E-state index is 0.0810. The van der Waals surface area contributed by atoms with Crippen LogP contribution >= 0.6 is 0 Å². The fraction of sp³-hybridized carbons (Fsp3) is 0.250. The highest BCUT2D eigenvalue weighted by Crippen LogP contribution is 2.33. The summed E-state index contributed by atoms with van der Waals surface area (Å²) < 4.78 is 5.64. The van der Waals surface area contributed by atoms with Crippen LogP contribution in [0.5, 0.6) is 11.5 Å². The van der Waals surface area contributed by atoms with Gasteiger partial charge in [-0.1, -0.05) is 12.1 Å². The summed E-state index contributed by atoms with van der Waals surface area (Å²) >= 11 is 0. The average molecular weight is 288 g/mol. The Morgan fingerprint density at radius 1 is 1.10 bits per heavy atom. The molecule has 0 saturated heterocycles. The van der Waals surface area contributed by atoms with Gasteiger partial charge < -0.3 is 26.4 Å². The summed E-state index contributed by atoms with van der Waals surface area (Å²) in [6, 6.07) is 11.3. The van der Waals surface area contributed by atoms with Crippen LogP contribution in [-0.4, -0.2) is 22.9 Å². The fourth-order valence-corrected chi connectivity index (χ4v) is 1.80. The first-order valence-electron chi connectivity index (χ1n) is 6.77. The molecule has 0 fully saturated rings. The van der Waals surface area contributed by atoms with Crippen LogP contribution in [0.15, 0.2) is 36.4 Å². The van der Waals surface area contributed by atoms with E-state index in [0.717, 1.165) is 5.75 Å². The van der Waals surface area contributed by atoms with Crippen LogP contribution in [0, 0.1) is 10.4 Å². The van der Waals surface area contributed by atoms with Gasteiger partial charge >= 0.3 is 0 Å². The highest BCUT2D eigenvalue weighted by molar-refractivity contribution is 5.61. The molecule has 0 aliphatic heterocycles. The van der Waals surface area contributed by atoms with Gasteiger partial charge in [0, 0.05) is 17.5 Å². The van der Waals surface area contributed by atoms with Gasteiger partial charge in [-0.2, -0.15) is 0 Å². The summed E-state index contributed by atoms with van der Waals surface area (Å²) in [5, 5.41) is 18.9. The number of hydrogen-bond donors (Lipinski definition) is 4. The quantitative estimate of drug-likeness (QED) is 0.550. The summed E-state index contributed by atoms with van der Waals surface area (Å²) in [5.74, 6) is 1.53. The van der Waals surface area contributed by atoms with Crippen molar-refractivity contribution >= 4 is 11.4 Å². The number of anilines is 2. The van der Waals surface area contributed by atoms with Crippen molar-refractivity contribution in [3.05, 3.63) is 46.8 Å². The van der Waals surface area contributed by atoms with Crippen molar-refractivity contribution in [2.45, 2.75) is 19.4 Å². The van der Waals surface area contributed by atoms with E-state index in [1.165, 1.54) is 10.4 Å². The van der Waals surface area contributed by atoms with E-state index >= 15 is 0 Å². The molecule has 0 bridgehead atoms. The van der Waals surface area contributed by atoms with Gasteiger partial charge in [-0.25, -0.2) is 0 Å². The minimum atomic E-state index is -0.352. The first-order chi connectivity index (χ1) is 10.0. The largest absolute Gasteiger partial charge is 0.455 e. The SMILES string of the molecule is CC(O)CCO.Nc1ccc(Oc2cc3ccc2=3)c(N)c1. The summed E-state index contributed by atoms with van der Waals surface area (Å²) in [4.78, 5) is 0. The second-order valence-corrected chi connectivity index (χ2v) is 4.97. The van der Waals surface area contributed by atoms with E-state index in [2.05, 4.69) is 6.07 Å². The van der Waals surface area contributed by atoms with Gasteiger partial charge in [0.25, 0.3) is 0 Å². The number of nitrogen functional groups attached to an aromatic ring is 2. The third-order valence-corrected chi connectivity index (χ3v) is 3.09. The molecule has 21 heavy (non-hydrogen) atoms. The number of hydrogen-bond acceptors (Lipinski definition) is 5. The van der Waals surface area contributed by atoms with Gasteiger partial charge in [-0.05, 0) is 42.8 Å².